The highest BCUT2D eigenvalue weighted by molar-refractivity contribution is 7.00. The van der Waals surface area contributed by atoms with Crippen molar-refractivity contribution < 1.29 is 11.0 Å². The van der Waals surface area contributed by atoms with Crippen LogP contribution >= 0.6 is 0 Å². The fraction of sp³-hybridized carbons (Fsp3) is 0.286. The van der Waals surface area contributed by atoms with Crippen LogP contribution in [0.2, 0.25) is 0 Å². The number of hydrogen-bond donors (Lipinski definition) is 0. The van der Waals surface area contributed by atoms with Crippen LogP contribution in [0.1, 0.15) is 169 Å². The molecule has 442 valence electrons. The van der Waals surface area contributed by atoms with Gasteiger partial charge >= 0.3 is 0 Å². The minimum Gasteiger partial charge on any atom is -0.311 e. The summed E-state index contributed by atoms with van der Waals surface area (Å²) in [4.78, 5) is 4.77. The zero-order chi connectivity index (χ0) is 69.3. The second-order valence-corrected chi connectivity index (χ2v) is 31.1. The number of nitrogens with zero attached hydrogens (tertiary/aromatic N) is 3. The molecule has 0 unspecified atom stereocenters. The summed E-state index contributed by atoms with van der Waals surface area (Å²) in [6, 6.07) is 55.5. The highest BCUT2D eigenvalue weighted by atomic mass is 15.2. The van der Waals surface area contributed by atoms with Gasteiger partial charge in [0, 0.05) is 50.6 Å². The van der Waals surface area contributed by atoms with Gasteiger partial charge in [-0.1, -0.05) is 264 Å². The van der Waals surface area contributed by atoms with Gasteiger partial charge in [-0.05, 0) is 182 Å². The zero-order valence-corrected chi connectivity index (χ0v) is 54.9. The molecule has 0 radical (unpaired) electrons. The quantitative estimate of drug-likeness (QED) is 0.154. The molecule has 11 aromatic rings. The summed E-state index contributed by atoms with van der Waals surface area (Å²) in [5, 5.41) is 0.0694. The Hall–Kier alpha value is -8.34. The molecule has 3 nitrogen and oxygen atoms in total. The minimum atomic E-state index is -0.480. The fourth-order valence-electron chi connectivity index (χ4n) is 13.1. The Morgan fingerprint density at radius 2 is 0.693 bits per heavy atom. The first-order valence-corrected chi connectivity index (χ1v) is 31.4. The molecular weight excluding hydrogens is 1060 g/mol. The fourth-order valence-corrected chi connectivity index (χ4v) is 13.1. The number of fused-ring (bicyclic) bond motifs is 7. The number of aromatic nitrogens is 1. The SMILES string of the molecule is [2H]c1c([2H])c([2H])c2c(c1[2H])c1c([2H])c([2H])c([2H])c([2H])c1n2-c1ccc2c(c1)N(c1cccc(-c3cc(C(C)(C)C)cc(C(C)(C)C)c3)c1)c1cccc3c1B2c1cc(-c2cc(C(C)(C)C)cc(C(C)(C)C)c2)ccc1N3c1ccc(-c2cc(C(C)(C)C)cc(C(C)(C)C)c2)cc1. The van der Waals surface area contributed by atoms with Gasteiger partial charge in [-0.15, -0.1) is 0 Å². The molecule has 0 bridgehead atoms. The van der Waals surface area contributed by atoms with Crippen molar-refractivity contribution in [3.05, 3.63) is 239 Å². The van der Waals surface area contributed by atoms with Gasteiger partial charge in [0.15, 0.2) is 0 Å². The number of rotatable bonds is 6. The van der Waals surface area contributed by atoms with E-state index < -0.39 is 24.2 Å². The highest BCUT2D eigenvalue weighted by Gasteiger charge is 2.44. The van der Waals surface area contributed by atoms with Gasteiger partial charge in [0.25, 0.3) is 6.71 Å². The molecule has 3 heterocycles. The van der Waals surface area contributed by atoms with E-state index in [1.807, 2.05) is 6.07 Å². The smallest absolute Gasteiger partial charge is 0.252 e. The normalized spacial score (nSPS) is 15.0. The topological polar surface area (TPSA) is 11.4 Å². The van der Waals surface area contributed by atoms with E-state index in [4.69, 9.17) is 5.48 Å². The molecule has 0 saturated carbocycles. The van der Waals surface area contributed by atoms with Crippen LogP contribution in [-0.2, 0) is 32.5 Å². The number of anilines is 6. The van der Waals surface area contributed by atoms with Crippen LogP contribution < -0.4 is 26.2 Å². The van der Waals surface area contributed by atoms with Crippen molar-refractivity contribution in [2.24, 2.45) is 0 Å². The van der Waals surface area contributed by atoms with E-state index in [1.54, 1.807) is 4.57 Å². The van der Waals surface area contributed by atoms with Crippen LogP contribution in [0.15, 0.2) is 206 Å². The molecule has 88 heavy (non-hydrogen) atoms. The molecule has 0 spiro atoms. The third kappa shape index (κ3) is 10.4. The van der Waals surface area contributed by atoms with Crippen molar-refractivity contribution in [3.8, 4) is 39.1 Å². The second kappa shape index (κ2) is 20.6. The standard InChI is InChI=1S/C84H88BN3/c1-79(2,3)59-41-56(42-60(49-59)80(4,5)6)53-33-36-65(37-34-53)86-74-40-35-55(58-45-63(83(13,14)15)51-64(46-58)84(16,17)18)48-71(74)85-70-39-38-67(87-72-29-21-19-27-68(72)69-28-20-22-30-73(69)87)52-77(70)88(76-32-24-31-75(86)78(76)85)66-26-23-25-54(47-66)57-43-61(81(7,8)9)50-62(44-57)82(10,11)12/h19-52H,1-18H3/i19D,20D,21D,22D,27D,28D,29D,30D. The van der Waals surface area contributed by atoms with Crippen LogP contribution in [0.5, 0.6) is 0 Å². The van der Waals surface area contributed by atoms with Gasteiger partial charge in [-0.3, -0.25) is 0 Å². The number of para-hydroxylation sites is 2. The Morgan fingerprint density at radius 3 is 1.16 bits per heavy atom. The maximum Gasteiger partial charge on any atom is 0.252 e. The number of benzene rings is 10. The Morgan fingerprint density at radius 1 is 0.295 bits per heavy atom. The van der Waals surface area contributed by atoms with E-state index >= 15 is 0 Å². The van der Waals surface area contributed by atoms with Crippen molar-refractivity contribution >= 4 is 79.0 Å². The van der Waals surface area contributed by atoms with Crippen LogP contribution in [0.25, 0.3) is 60.9 Å². The average molecular weight is 1160 g/mol. The van der Waals surface area contributed by atoms with Gasteiger partial charge in [-0.2, -0.15) is 0 Å². The van der Waals surface area contributed by atoms with Crippen molar-refractivity contribution in [1.82, 2.24) is 4.57 Å². The van der Waals surface area contributed by atoms with Crippen LogP contribution in [0.4, 0.5) is 34.1 Å². The van der Waals surface area contributed by atoms with Gasteiger partial charge in [0.05, 0.1) is 22.0 Å². The van der Waals surface area contributed by atoms with Crippen LogP contribution in [-0.4, -0.2) is 11.3 Å². The molecule has 1 aromatic heterocycles. The minimum absolute atomic E-state index is 0.0347. The average Bonchev–Trinajstić information content (AvgIpc) is 1.13. The van der Waals surface area contributed by atoms with Gasteiger partial charge in [0.2, 0.25) is 0 Å². The summed E-state index contributed by atoms with van der Waals surface area (Å²) < 4.78 is 75.4. The summed E-state index contributed by atoms with van der Waals surface area (Å²) >= 11 is 0. The van der Waals surface area contributed by atoms with E-state index in [9.17, 15) is 5.48 Å². The Balaban J connectivity index is 1.12. The van der Waals surface area contributed by atoms with E-state index in [0.29, 0.717) is 5.69 Å². The molecule has 0 aliphatic carbocycles. The summed E-state index contributed by atoms with van der Waals surface area (Å²) in [6.45, 7) is 40.6. The Bertz CT molecular complexity index is 4880. The van der Waals surface area contributed by atoms with E-state index in [2.05, 4.69) is 286 Å². The molecule has 4 heteroatoms. The maximum absolute atomic E-state index is 9.59. The lowest BCUT2D eigenvalue weighted by Crippen LogP contribution is -2.61. The first kappa shape index (κ1) is 49.6. The molecule has 2 aliphatic rings. The molecule has 10 aromatic carbocycles. The van der Waals surface area contributed by atoms with Crippen LogP contribution in [0.3, 0.4) is 0 Å². The molecule has 0 atom stereocenters. The largest absolute Gasteiger partial charge is 0.311 e. The lowest BCUT2D eigenvalue weighted by molar-refractivity contribution is 0.568. The lowest BCUT2D eigenvalue weighted by atomic mass is 9.33. The van der Waals surface area contributed by atoms with Gasteiger partial charge in [-0.25, -0.2) is 0 Å². The molecule has 0 saturated heterocycles. The number of hydrogen-bond acceptors (Lipinski definition) is 2. The predicted molar refractivity (Wildman–Crippen MR) is 383 cm³/mol. The first-order valence-electron chi connectivity index (χ1n) is 35.4. The summed E-state index contributed by atoms with van der Waals surface area (Å²) in [7, 11) is 0. The zero-order valence-electron chi connectivity index (χ0n) is 62.9. The lowest BCUT2D eigenvalue weighted by Gasteiger charge is -2.44. The van der Waals surface area contributed by atoms with Crippen molar-refractivity contribution in [2.45, 2.75) is 157 Å². The van der Waals surface area contributed by atoms with E-state index in [-0.39, 0.29) is 85.2 Å². The van der Waals surface area contributed by atoms with Gasteiger partial charge < -0.3 is 14.4 Å². The second-order valence-electron chi connectivity index (χ2n) is 31.1. The molecule has 0 amide bonds. The Labute approximate surface area is 537 Å². The van der Waals surface area contributed by atoms with Crippen molar-refractivity contribution in [3.63, 3.8) is 0 Å². The van der Waals surface area contributed by atoms with Gasteiger partial charge in [0.1, 0.15) is 0 Å². The summed E-state index contributed by atoms with van der Waals surface area (Å²) in [5.41, 5.74) is 23.1. The molecule has 2 aliphatic heterocycles. The maximum atomic E-state index is 9.59. The monoisotopic (exact) mass is 1160 g/mol. The summed E-state index contributed by atoms with van der Waals surface area (Å²) in [6.07, 6.45) is 0. The Kier molecular flexibility index (Phi) is 11.6. The summed E-state index contributed by atoms with van der Waals surface area (Å²) in [5.74, 6) is 0. The molecular formula is C84H88BN3. The third-order valence-electron chi connectivity index (χ3n) is 18.5. The predicted octanol–water partition coefficient (Wildman–Crippen LogP) is 21.7. The van der Waals surface area contributed by atoms with Crippen molar-refractivity contribution in [2.75, 3.05) is 9.80 Å². The first-order chi connectivity index (χ1) is 44.7. The van der Waals surface area contributed by atoms with E-state index in [0.717, 1.165) is 78.3 Å². The van der Waals surface area contributed by atoms with Crippen LogP contribution in [0, 0.1) is 0 Å². The molecule has 13 rings (SSSR count). The highest BCUT2D eigenvalue weighted by Crippen LogP contribution is 2.48. The van der Waals surface area contributed by atoms with E-state index in [1.165, 1.54) is 38.9 Å². The molecule has 0 fully saturated rings. The van der Waals surface area contributed by atoms with Crippen molar-refractivity contribution in [1.29, 1.82) is 0 Å². The third-order valence-corrected chi connectivity index (χ3v) is 18.5. The molecule has 0 N–H and O–H groups in total.